The molecule has 1 amide bonds. The number of likely N-dealkylation sites (tertiary alicyclic amines) is 1. The standard InChI is InChI=1S/C25H33N5O2.2C2HF3O2/c1-18(31)7-4-3-5-10-22(29-25(32)20-11-13-30(2)14-12-20)24-27-17-23(28-24)21-9-6-8-19(15-21)16-26;2*3-2(4,5)1(6)7/h6,8-9,15,17,20,22H,3-5,7,10-14H2,1-2H3,(H,27,28)(H,29,32);2*(H,6,7). The van der Waals surface area contributed by atoms with Gasteiger partial charge in [-0.05, 0) is 64.9 Å². The number of imidazole rings is 1. The number of hydrogen-bond donors (Lipinski definition) is 4. The molecule has 1 aliphatic rings. The van der Waals surface area contributed by atoms with Crippen LogP contribution in [0, 0.1) is 17.2 Å². The molecule has 0 saturated carbocycles. The molecule has 2 aromatic rings. The topological polar surface area (TPSA) is 176 Å². The van der Waals surface area contributed by atoms with Gasteiger partial charge in [-0.1, -0.05) is 25.0 Å². The Morgan fingerprint density at radius 1 is 1.04 bits per heavy atom. The number of rotatable bonds is 10. The summed E-state index contributed by atoms with van der Waals surface area (Å²) in [6.45, 7) is 3.50. The van der Waals surface area contributed by atoms with Crippen LogP contribution in [0.15, 0.2) is 30.5 Å². The van der Waals surface area contributed by atoms with E-state index < -0.39 is 24.3 Å². The summed E-state index contributed by atoms with van der Waals surface area (Å²) < 4.78 is 63.5. The molecule has 0 spiro atoms. The fourth-order valence-corrected chi connectivity index (χ4v) is 4.15. The van der Waals surface area contributed by atoms with Crippen LogP contribution in [0.3, 0.4) is 0 Å². The fourth-order valence-electron chi connectivity index (χ4n) is 4.15. The van der Waals surface area contributed by atoms with Crippen molar-refractivity contribution in [3.05, 3.63) is 41.9 Å². The Labute approximate surface area is 260 Å². The van der Waals surface area contributed by atoms with Gasteiger partial charge in [0.2, 0.25) is 5.91 Å². The number of carbonyl (C=O) groups excluding carboxylic acids is 2. The highest BCUT2D eigenvalue weighted by Crippen LogP contribution is 2.25. The average Bonchev–Trinajstić information content (AvgIpc) is 3.46. The molecule has 17 heteroatoms. The van der Waals surface area contributed by atoms with E-state index in [-0.39, 0.29) is 23.7 Å². The number of benzene rings is 1. The summed E-state index contributed by atoms with van der Waals surface area (Å²) in [7, 11) is 2.09. The Balaban J connectivity index is 0.000000629. The lowest BCUT2D eigenvalue weighted by Crippen LogP contribution is -2.40. The molecule has 1 aliphatic heterocycles. The van der Waals surface area contributed by atoms with E-state index in [2.05, 4.69) is 33.3 Å². The molecule has 1 atom stereocenters. The summed E-state index contributed by atoms with van der Waals surface area (Å²) in [6.07, 6.45) is -2.57. The second-order valence-electron chi connectivity index (χ2n) is 10.4. The van der Waals surface area contributed by atoms with Crippen LogP contribution >= 0.6 is 0 Å². The number of nitriles is 1. The van der Waals surface area contributed by atoms with Crippen molar-refractivity contribution in [1.29, 1.82) is 5.26 Å². The molecular weight excluding hydrogens is 628 g/mol. The number of halogens is 6. The zero-order chi connectivity index (χ0) is 35.1. The third kappa shape index (κ3) is 15.0. The molecule has 46 heavy (non-hydrogen) atoms. The number of nitrogens with one attached hydrogen (secondary N) is 2. The first kappa shape index (κ1) is 39.6. The number of Topliss-reactive ketones (excluding diaryl/α,β-unsaturated/α-hetero) is 1. The molecule has 1 saturated heterocycles. The molecule has 2 heterocycles. The lowest BCUT2D eigenvalue weighted by molar-refractivity contribution is -0.193. The summed E-state index contributed by atoms with van der Waals surface area (Å²) >= 11 is 0. The number of alkyl halides is 6. The van der Waals surface area contributed by atoms with Gasteiger partial charge in [-0.2, -0.15) is 31.6 Å². The molecule has 1 aromatic heterocycles. The maximum Gasteiger partial charge on any atom is 0.490 e. The number of piperidine rings is 1. The van der Waals surface area contributed by atoms with Gasteiger partial charge >= 0.3 is 24.3 Å². The summed E-state index contributed by atoms with van der Waals surface area (Å²) in [4.78, 5) is 52.1. The second-order valence-corrected chi connectivity index (χ2v) is 10.4. The van der Waals surface area contributed by atoms with Crippen molar-refractivity contribution in [2.75, 3.05) is 20.1 Å². The summed E-state index contributed by atoms with van der Waals surface area (Å²) in [5.74, 6) is -4.44. The lowest BCUT2D eigenvalue weighted by atomic mass is 9.95. The van der Waals surface area contributed by atoms with Gasteiger partial charge in [-0.3, -0.25) is 4.79 Å². The van der Waals surface area contributed by atoms with Crippen LogP contribution in [0.1, 0.15) is 69.3 Å². The number of ketones is 1. The Hall–Kier alpha value is -4.46. The number of aromatic amines is 1. The van der Waals surface area contributed by atoms with Gasteiger partial charge in [0.1, 0.15) is 11.6 Å². The van der Waals surface area contributed by atoms with Gasteiger partial charge in [-0.15, -0.1) is 0 Å². The summed E-state index contributed by atoms with van der Waals surface area (Å²) in [5, 5.41) is 26.7. The first-order valence-electron chi connectivity index (χ1n) is 14.0. The zero-order valence-electron chi connectivity index (χ0n) is 25.0. The van der Waals surface area contributed by atoms with Gasteiger partial charge in [-0.25, -0.2) is 14.6 Å². The highest BCUT2D eigenvalue weighted by atomic mass is 19.4. The number of carboxylic acid groups (broad SMARTS) is 2. The highest BCUT2D eigenvalue weighted by Gasteiger charge is 2.39. The largest absolute Gasteiger partial charge is 0.490 e. The molecule has 0 radical (unpaired) electrons. The molecule has 1 aromatic carbocycles. The predicted molar refractivity (Wildman–Crippen MR) is 151 cm³/mol. The maximum absolute atomic E-state index is 13.0. The fraction of sp³-hybridized carbons (Fsp3) is 0.517. The maximum atomic E-state index is 13.0. The molecule has 3 rings (SSSR count). The normalized spacial score (nSPS) is 14.4. The van der Waals surface area contributed by atoms with Crippen molar-refractivity contribution in [2.45, 2.75) is 70.3 Å². The van der Waals surface area contributed by atoms with Gasteiger partial charge in [0.15, 0.2) is 0 Å². The van der Waals surface area contributed by atoms with Gasteiger partial charge in [0.25, 0.3) is 0 Å². The number of unbranched alkanes of at least 4 members (excludes halogenated alkanes) is 2. The number of aliphatic carboxylic acids is 2. The number of hydrogen-bond acceptors (Lipinski definition) is 7. The van der Waals surface area contributed by atoms with E-state index in [4.69, 9.17) is 25.1 Å². The monoisotopic (exact) mass is 663 g/mol. The van der Waals surface area contributed by atoms with Crippen LogP contribution < -0.4 is 5.32 Å². The first-order chi connectivity index (χ1) is 21.3. The number of aromatic nitrogens is 2. The van der Waals surface area contributed by atoms with Gasteiger partial charge in [0, 0.05) is 17.9 Å². The molecular formula is C29H35F6N5O6. The van der Waals surface area contributed by atoms with E-state index in [0.717, 1.165) is 68.7 Å². The van der Waals surface area contributed by atoms with E-state index in [1.165, 1.54) is 0 Å². The molecule has 0 aliphatic carbocycles. The smallest absolute Gasteiger partial charge is 0.475 e. The predicted octanol–water partition coefficient (Wildman–Crippen LogP) is 5.25. The minimum atomic E-state index is -5.08. The number of nitrogens with zero attached hydrogens (tertiary/aromatic N) is 3. The Bertz CT molecular complexity index is 1320. The molecule has 254 valence electrons. The Morgan fingerprint density at radius 2 is 1.61 bits per heavy atom. The van der Waals surface area contributed by atoms with Crippen LogP contribution in [0.4, 0.5) is 26.3 Å². The average molecular weight is 664 g/mol. The van der Waals surface area contributed by atoms with Gasteiger partial charge in [0.05, 0.1) is 29.6 Å². The number of carbonyl (C=O) groups is 4. The highest BCUT2D eigenvalue weighted by molar-refractivity contribution is 5.79. The van der Waals surface area contributed by atoms with Crippen molar-refractivity contribution < 1.29 is 55.7 Å². The number of carboxylic acids is 2. The quantitative estimate of drug-likeness (QED) is 0.195. The van der Waals surface area contributed by atoms with Crippen molar-refractivity contribution >= 4 is 23.6 Å². The Morgan fingerprint density at radius 3 is 2.11 bits per heavy atom. The van der Waals surface area contributed by atoms with Crippen LogP contribution in [0.2, 0.25) is 0 Å². The van der Waals surface area contributed by atoms with Crippen molar-refractivity contribution in [3.63, 3.8) is 0 Å². The molecule has 1 unspecified atom stereocenters. The van der Waals surface area contributed by atoms with Crippen molar-refractivity contribution in [1.82, 2.24) is 20.2 Å². The van der Waals surface area contributed by atoms with Crippen LogP contribution in [0.25, 0.3) is 11.3 Å². The van der Waals surface area contributed by atoms with Gasteiger partial charge < -0.3 is 30.2 Å². The Kier molecular flexibility index (Phi) is 15.9. The van der Waals surface area contributed by atoms with E-state index in [1.807, 2.05) is 18.2 Å². The molecule has 0 bridgehead atoms. The molecule has 4 N–H and O–H groups in total. The van der Waals surface area contributed by atoms with Crippen LogP contribution in [-0.2, 0) is 19.2 Å². The lowest BCUT2D eigenvalue weighted by Gasteiger charge is -2.29. The van der Waals surface area contributed by atoms with Crippen LogP contribution in [0.5, 0.6) is 0 Å². The molecule has 11 nitrogen and oxygen atoms in total. The van der Waals surface area contributed by atoms with E-state index >= 15 is 0 Å². The van der Waals surface area contributed by atoms with Crippen LogP contribution in [-0.4, -0.2) is 81.2 Å². The van der Waals surface area contributed by atoms with Crippen molar-refractivity contribution in [2.24, 2.45) is 5.92 Å². The number of H-pyrrole nitrogens is 1. The number of amides is 1. The van der Waals surface area contributed by atoms with E-state index in [0.29, 0.717) is 12.0 Å². The summed E-state index contributed by atoms with van der Waals surface area (Å²) in [6, 6.07) is 9.34. The van der Waals surface area contributed by atoms with Crippen molar-refractivity contribution in [3.8, 4) is 17.3 Å². The minimum absolute atomic E-state index is 0.0353. The third-order valence-electron chi connectivity index (χ3n) is 6.64. The van der Waals surface area contributed by atoms with E-state index in [9.17, 15) is 35.9 Å². The third-order valence-corrected chi connectivity index (χ3v) is 6.64. The molecule has 1 fully saturated rings. The summed E-state index contributed by atoms with van der Waals surface area (Å²) in [5.41, 5.74) is 2.31. The second kappa shape index (κ2) is 18.5. The minimum Gasteiger partial charge on any atom is -0.475 e. The first-order valence-corrected chi connectivity index (χ1v) is 14.0. The van der Waals surface area contributed by atoms with E-state index in [1.54, 1.807) is 19.2 Å². The zero-order valence-corrected chi connectivity index (χ0v) is 25.0. The SMILES string of the molecule is CC(=O)CCCCCC(NC(=O)C1CCN(C)CC1)c1ncc(-c2cccc(C#N)c2)[nH]1.O=C(O)C(F)(F)F.O=C(O)C(F)(F)F.